The van der Waals surface area contributed by atoms with E-state index in [4.69, 9.17) is 0 Å². The van der Waals surface area contributed by atoms with Crippen LogP contribution in [0, 0.1) is 0 Å². The molecule has 6 rings (SSSR count). The molecule has 0 atom stereocenters. The van der Waals surface area contributed by atoms with Crippen LogP contribution < -0.4 is 10.2 Å². The predicted octanol–water partition coefficient (Wildman–Crippen LogP) is 6.87. The molecule has 1 amide bonds. The lowest BCUT2D eigenvalue weighted by Crippen LogP contribution is -2.30. The van der Waals surface area contributed by atoms with E-state index in [0.29, 0.717) is 18.5 Å². The van der Waals surface area contributed by atoms with Gasteiger partial charge in [0.25, 0.3) is 5.91 Å². The van der Waals surface area contributed by atoms with Gasteiger partial charge in [0.15, 0.2) is 0 Å². The molecule has 1 aliphatic heterocycles. The fourth-order valence-corrected chi connectivity index (χ4v) is 4.87. The molecule has 2 heterocycles. The number of ketones is 1. The molecule has 0 aliphatic carbocycles. The Morgan fingerprint density at radius 2 is 1.58 bits per heavy atom. The Labute approximate surface area is 209 Å². The number of fused-ring (bicyclic) bond motifs is 3. The van der Waals surface area contributed by atoms with Crippen LogP contribution in [-0.4, -0.2) is 16.7 Å². The highest BCUT2D eigenvalue weighted by Gasteiger charge is 2.28. The van der Waals surface area contributed by atoms with Gasteiger partial charge in [0.05, 0.1) is 29.2 Å². The number of carbonyl (C=O) groups is 2. The highest BCUT2D eigenvalue weighted by atomic mass is 16.2. The van der Waals surface area contributed by atoms with Crippen LogP contribution in [0.5, 0.6) is 0 Å². The first-order chi connectivity index (χ1) is 17.5. The average Bonchev–Trinajstić information content (AvgIpc) is 3.32. The van der Waals surface area contributed by atoms with E-state index in [1.165, 1.54) is 0 Å². The number of amides is 1. The molecule has 5 heteroatoms. The van der Waals surface area contributed by atoms with Crippen LogP contribution >= 0.6 is 0 Å². The van der Waals surface area contributed by atoms with E-state index in [2.05, 4.69) is 28.5 Å². The Bertz CT molecular complexity index is 1620. The van der Waals surface area contributed by atoms with Crippen LogP contribution in [0.2, 0.25) is 0 Å². The van der Waals surface area contributed by atoms with Crippen molar-refractivity contribution >= 4 is 39.7 Å². The Morgan fingerprint density at radius 3 is 2.42 bits per heavy atom. The van der Waals surface area contributed by atoms with E-state index in [-0.39, 0.29) is 11.7 Å². The Hall–Kier alpha value is -4.64. The summed E-state index contributed by atoms with van der Waals surface area (Å²) in [6.07, 6.45) is 2.26. The maximum absolute atomic E-state index is 14.1. The second-order valence-electron chi connectivity index (χ2n) is 9.27. The van der Waals surface area contributed by atoms with Crippen molar-refractivity contribution in [1.82, 2.24) is 4.98 Å². The van der Waals surface area contributed by atoms with Crippen LogP contribution in [0.1, 0.15) is 28.4 Å². The van der Waals surface area contributed by atoms with Gasteiger partial charge in [0.1, 0.15) is 5.78 Å². The van der Waals surface area contributed by atoms with Crippen LogP contribution in [0.3, 0.4) is 0 Å². The van der Waals surface area contributed by atoms with Crippen molar-refractivity contribution in [3.63, 3.8) is 0 Å². The number of H-pyrrole nitrogens is 1. The first-order valence-corrected chi connectivity index (χ1v) is 12.0. The van der Waals surface area contributed by atoms with Crippen LogP contribution in [0.25, 0.3) is 22.0 Å². The number of hydrogen-bond donors (Lipinski definition) is 2. The summed E-state index contributed by atoms with van der Waals surface area (Å²) in [5.41, 5.74) is 8.03. The minimum atomic E-state index is -0.0790. The quantitative estimate of drug-likeness (QED) is 0.294. The summed E-state index contributed by atoms with van der Waals surface area (Å²) in [6, 6.07) is 30.1. The molecule has 1 aliphatic rings. The number of hydrogen-bond acceptors (Lipinski definition) is 3. The van der Waals surface area contributed by atoms with E-state index in [1.54, 1.807) is 6.92 Å². The zero-order chi connectivity index (χ0) is 24.6. The Kier molecular flexibility index (Phi) is 5.38. The minimum absolute atomic E-state index is 0.0790. The van der Waals surface area contributed by atoms with Gasteiger partial charge in [0.2, 0.25) is 0 Å². The number of aromatic nitrogens is 1. The van der Waals surface area contributed by atoms with Crippen LogP contribution in [0.15, 0.2) is 97.2 Å². The first-order valence-electron chi connectivity index (χ1n) is 12.0. The van der Waals surface area contributed by atoms with Crippen LogP contribution in [-0.2, 0) is 17.8 Å². The number of carbonyl (C=O) groups excluding carboxylic acids is 2. The lowest BCUT2D eigenvalue weighted by Gasteiger charge is -2.24. The molecule has 5 nitrogen and oxygen atoms in total. The second-order valence-corrected chi connectivity index (χ2v) is 9.27. The summed E-state index contributed by atoms with van der Waals surface area (Å²) in [4.78, 5) is 30.9. The predicted molar refractivity (Wildman–Crippen MR) is 145 cm³/mol. The molecule has 0 fully saturated rings. The maximum Gasteiger partial charge on any atom is 0.260 e. The molecule has 0 saturated carbocycles. The van der Waals surface area contributed by atoms with Crippen LogP contribution in [0.4, 0.5) is 17.1 Å². The number of benzene rings is 4. The van der Waals surface area contributed by atoms with Gasteiger partial charge in [-0.1, -0.05) is 48.5 Å². The average molecular weight is 472 g/mol. The first kappa shape index (κ1) is 21.9. The molecule has 5 aromatic rings. The van der Waals surface area contributed by atoms with Gasteiger partial charge in [-0.3, -0.25) is 9.59 Å². The highest BCUT2D eigenvalue weighted by Crippen LogP contribution is 2.39. The molecule has 36 heavy (non-hydrogen) atoms. The summed E-state index contributed by atoms with van der Waals surface area (Å²) >= 11 is 0. The summed E-state index contributed by atoms with van der Waals surface area (Å²) in [5, 5.41) is 4.61. The Balaban J connectivity index is 1.46. The maximum atomic E-state index is 14.1. The third-order valence-electron chi connectivity index (χ3n) is 6.64. The van der Waals surface area contributed by atoms with Gasteiger partial charge in [-0.05, 0) is 77.0 Å². The molecule has 0 saturated heterocycles. The molecule has 0 radical (unpaired) electrons. The van der Waals surface area contributed by atoms with Gasteiger partial charge < -0.3 is 15.2 Å². The number of rotatable bonds is 5. The number of Topliss-reactive ketones (excluding diaryl/α,β-unsaturated/α-hetero) is 1. The normalized spacial score (nSPS) is 12.6. The van der Waals surface area contributed by atoms with Gasteiger partial charge in [-0.15, -0.1) is 0 Å². The summed E-state index contributed by atoms with van der Waals surface area (Å²) in [7, 11) is 0. The standard InChI is InChI=1S/C31H25N3O2/c1-20(35)15-22-7-10-29-30(16-22)34(19-21-5-3-2-4-6-21)31(36)26-18-24(9-12-28(26)33-29)23-8-11-27-25(17-23)13-14-32-27/h2-14,16-18,32-33H,15,19H2,1H3. The zero-order valence-electron chi connectivity index (χ0n) is 19.9. The van der Waals surface area contributed by atoms with Gasteiger partial charge in [-0.2, -0.15) is 0 Å². The molecule has 1 aromatic heterocycles. The van der Waals surface area contributed by atoms with Crippen molar-refractivity contribution in [2.75, 3.05) is 10.2 Å². The fourth-order valence-electron chi connectivity index (χ4n) is 4.87. The van der Waals surface area contributed by atoms with Gasteiger partial charge >= 0.3 is 0 Å². The third-order valence-corrected chi connectivity index (χ3v) is 6.64. The van der Waals surface area contributed by atoms with E-state index in [9.17, 15) is 9.59 Å². The van der Waals surface area contributed by atoms with Crippen molar-refractivity contribution in [2.45, 2.75) is 19.9 Å². The lowest BCUT2D eigenvalue weighted by molar-refractivity contribution is -0.116. The topological polar surface area (TPSA) is 65.2 Å². The highest BCUT2D eigenvalue weighted by molar-refractivity contribution is 6.14. The van der Waals surface area contributed by atoms with E-state index >= 15 is 0 Å². The summed E-state index contributed by atoms with van der Waals surface area (Å²) < 4.78 is 0. The molecule has 176 valence electrons. The Morgan fingerprint density at radius 1 is 0.806 bits per heavy atom. The van der Waals surface area contributed by atoms with E-state index in [0.717, 1.165) is 50.2 Å². The summed E-state index contributed by atoms with van der Waals surface area (Å²) in [5.74, 6) is 0.00874. The largest absolute Gasteiger partial charge is 0.361 e. The number of aromatic amines is 1. The van der Waals surface area contributed by atoms with E-state index < -0.39 is 0 Å². The zero-order valence-corrected chi connectivity index (χ0v) is 19.9. The molecular formula is C31H25N3O2. The van der Waals surface area contributed by atoms with Gasteiger partial charge in [-0.25, -0.2) is 0 Å². The van der Waals surface area contributed by atoms with Crippen molar-refractivity contribution in [1.29, 1.82) is 0 Å². The molecule has 4 aromatic carbocycles. The van der Waals surface area contributed by atoms with Crippen molar-refractivity contribution in [3.05, 3.63) is 114 Å². The molecule has 0 spiro atoms. The molecule has 0 unspecified atom stereocenters. The molecule has 0 bridgehead atoms. The van der Waals surface area contributed by atoms with Gasteiger partial charge in [0, 0.05) is 18.1 Å². The van der Waals surface area contributed by atoms with E-state index in [1.807, 2.05) is 83.9 Å². The smallest absolute Gasteiger partial charge is 0.260 e. The lowest BCUT2D eigenvalue weighted by atomic mass is 10.00. The number of nitrogens with one attached hydrogen (secondary N) is 2. The molecule has 2 N–H and O–H groups in total. The minimum Gasteiger partial charge on any atom is -0.361 e. The van der Waals surface area contributed by atoms with Crippen molar-refractivity contribution in [3.8, 4) is 11.1 Å². The fraction of sp³-hybridized carbons (Fsp3) is 0.0968. The van der Waals surface area contributed by atoms with Crippen molar-refractivity contribution < 1.29 is 9.59 Å². The number of anilines is 3. The molecular weight excluding hydrogens is 446 g/mol. The monoisotopic (exact) mass is 471 g/mol. The number of nitrogens with zero attached hydrogens (tertiary/aromatic N) is 1. The third kappa shape index (κ3) is 4.05. The SMILES string of the molecule is CC(=O)Cc1ccc2c(c1)N(Cc1ccccc1)C(=O)c1cc(-c3ccc4[nH]ccc4c3)ccc1N2. The summed E-state index contributed by atoms with van der Waals surface area (Å²) in [6.45, 7) is 2.01. The second kappa shape index (κ2) is 8.86. The van der Waals surface area contributed by atoms with Crippen molar-refractivity contribution in [2.24, 2.45) is 0 Å².